The SMILES string of the molecule is C#CCCOc1cc(OC)ccc1CO. The van der Waals surface area contributed by atoms with Crippen LogP contribution in [0.5, 0.6) is 11.5 Å². The fourth-order valence-corrected chi connectivity index (χ4v) is 1.15. The number of rotatable bonds is 5. The zero-order valence-electron chi connectivity index (χ0n) is 8.69. The Kier molecular flexibility index (Phi) is 4.52. The maximum atomic E-state index is 9.08. The van der Waals surface area contributed by atoms with Crippen molar-refractivity contribution in [2.75, 3.05) is 13.7 Å². The van der Waals surface area contributed by atoms with E-state index in [1.807, 2.05) is 0 Å². The highest BCUT2D eigenvalue weighted by atomic mass is 16.5. The minimum absolute atomic E-state index is 0.0601. The average Bonchev–Trinajstić information content (AvgIpc) is 2.29. The number of terminal acetylenes is 1. The quantitative estimate of drug-likeness (QED) is 0.587. The summed E-state index contributed by atoms with van der Waals surface area (Å²) in [6, 6.07) is 5.28. The predicted molar refractivity (Wildman–Crippen MR) is 57.9 cm³/mol. The van der Waals surface area contributed by atoms with E-state index in [9.17, 15) is 0 Å². The maximum Gasteiger partial charge on any atom is 0.128 e. The van der Waals surface area contributed by atoms with Gasteiger partial charge in [-0.15, -0.1) is 12.3 Å². The standard InChI is InChI=1S/C12H14O3/c1-3-4-7-15-12-8-11(14-2)6-5-10(12)9-13/h1,5-6,8,13H,4,7,9H2,2H3. The van der Waals surface area contributed by atoms with Gasteiger partial charge >= 0.3 is 0 Å². The number of aliphatic hydroxyl groups excluding tert-OH is 1. The van der Waals surface area contributed by atoms with Gasteiger partial charge in [-0.2, -0.15) is 0 Å². The van der Waals surface area contributed by atoms with Gasteiger partial charge in [-0.1, -0.05) is 0 Å². The first-order valence-corrected chi connectivity index (χ1v) is 4.66. The zero-order valence-corrected chi connectivity index (χ0v) is 8.69. The van der Waals surface area contributed by atoms with E-state index < -0.39 is 0 Å². The van der Waals surface area contributed by atoms with E-state index in [1.54, 1.807) is 25.3 Å². The summed E-state index contributed by atoms with van der Waals surface area (Å²) >= 11 is 0. The van der Waals surface area contributed by atoms with E-state index in [4.69, 9.17) is 21.0 Å². The lowest BCUT2D eigenvalue weighted by molar-refractivity contribution is 0.264. The second kappa shape index (κ2) is 5.94. The normalized spacial score (nSPS) is 9.40. The minimum atomic E-state index is -0.0601. The van der Waals surface area contributed by atoms with E-state index in [2.05, 4.69) is 5.92 Å². The van der Waals surface area contributed by atoms with Gasteiger partial charge in [0, 0.05) is 18.1 Å². The fraction of sp³-hybridized carbons (Fsp3) is 0.333. The monoisotopic (exact) mass is 206 g/mol. The van der Waals surface area contributed by atoms with Crippen molar-refractivity contribution in [2.24, 2.45) is 0 Å². The Morgan fingerprint density at radius 1 is 1.47 bits per heavy atom. The molecule has 0 aliphatic heterocycles. The van der Waals surface area contributed by atoms with Crippen molar-refractivity contribution in [1.82, 2.24) is 0 Å². The largest absolute Gasteiger partial charge is 0.497 e. The molecule has 0 saturated heterocycles. The van der Waals surface area contributed by atoms with Gasteiger partial charge in [0.2, 0.25) is 0 Å². The molecule has 1 aromatic carbocycles. The van der Waals surface area contributed by atoms with Crippen molar-refractivity contribution in [3.8, 4) is 23.8 Å². The molecule has 0 aliphatic carbocycles. The molecule has 3 nitrogen and oxygen atoms in total. The Morgan fingerprint density at radius 3 is 2.87 bits per heavy atom. The molecule has 1 rings (SSSR count). The molecule has 0 bridgehead atoms. The summed E-state index contributed by atoms with van der Waals surface area (Å²) in [5.41, 5.74) is 0.729. The van der Waals surface area contributed by atoms with Crippen molar-refractivity contribution in [2.45, 2.75) is 13.0 Å². The van der Waals surface area contributed by atoms with Crippen molar-refractivity contribution in [3.63, 3.8) is 0 Å². The first kappa shape index (κ1) is 11.4. The van der Waals surface area contributed by atoms with E-state index in [0.29, 0.717) is 24.5 Å². The van der Waals surface area contributed by atoms with Gasteiger partial charge in [-0.3, -0.25) is 0 Å². The van der Waals surface area contributed by atoms with Crippen LogP contribution in [0.4, 0.5) is 0 Å². The van der Waals surface area contributed by atoms with Crippen LogP contribution in [0.15, 0.2) is 18.2 Å². The summed E-state index contributed by atoms with van der Waals surface area (Å²) in [5.74, 6) is 3.80. The van der Waals surface area contributed by atoms with E-state index in [1.165, 1.54) is 0 Å². The molecule has 0 aromatic heterocycles. The van der Waals surface area contributed by atoms with Gasteiger partial charge in [0.15, 0.2) is 0 Å². The third-order valence-corrected chi connectivity index (χ3v) is 1.95. The molecule has 0 aliphatic rings. The molecule has 0 fully saturated rings. The van der Waals surface area contributed by atoms with Crippen LogP contribution in [0.3, 0.4) is 0 Å². The number of hydrogen-bond donors (Lipinski definition) is 1. The summed E-state index contributed by atoms with van der Waals surface area (Å²) in [7, 11) is 1.58. The lowest BCUT2D eigenvalue weighted by Crippen LogP contribution is -2.00. The highest BCUT2D eigenvalue weighted by Gasteiger charge is 2.04. The van der Waals surface area contributed by atoms with Crippen LogP contribution in [0.2, 0.25) is 0 Å². The molecule has 15 heavy (non-hydrogen) atoms. The maximum absolute atomic E-state index is 9.08. The Bertz CT molecular complexity index is 352. The van der Waals surface area contributed by atoms with Gasteiger partial charge in [-0.05, 0) is 12.1 Å². The molecule has 0 spiro atoms. The molecule has 3 heteroatoms. The molecule has 0 amide bonds. The molecular formula is C12H14O3. The smallest absolute Gasteiger partial charge is 0.128 e. The van der Waals surface area contributed by atoms with Gasteiger partial charge in [0.25, 0.3) is 0 Å². The van der Waals surface area contributed by atoms with E-state index in [0.717, 1.165) is 5.56 Å². The highest BCUT2D eigenvalue weighted by molar-refractivity contribution is 5.40. The Balaban J connectivity index is 2.77. The van der Waals surface area contributed by atoms with E-state index >= 15 is 0 Å². The second-order valence-electron chi connectivity index (χ2n) is 2.93. The lowest BCUT2D eigenvalue weighted by Gasteiger charge is -2.10. The average molecular weight is 206 g/mol. The summed E-state index contributed by atoms with van der Waals surface area (Å²) in [6.07, 6.45) is 5.66. The van der Waals surface area contributed by atoms with Crippen LogP contribution in [0, 0.1) is 12.3 Å². The van der Waals surface area contributed by atoms with Gasteiger partial charge < -0.3 is 14.6 Å². The lowest BCUT2D eigenvalue weighted by atomic mass is 10.2. The third-order valence-electron chi connectivity index (χ3n) is 1.95. The predicted octanol–water partition coefficient (Wildman–Crippen LogP) is 1.59. The van der Waals surface area contributed by atoms with Crippen molar-refractivity contribution in [3.05, 3.63) is 23.8 Å². The molecule has 0 heterocycles. The Hall–Kier alpha value is -1.66. The van der Waals surface area contributed by atoms with Crippen molar-refractivity contribution in [1.29, 1.82) is 0 Å². The first-order chi connectivity index (χ1) is 7.31. The Morgan fingerprint density at radius 2 is 2.27 bits per heavy atom. The molecule has 1 aromatic rings. The van der Waals surface area contributed by atoms with Crippen molar-refractivity contribution < 1.29 is 14.6 Å². The number of benzene rings is 1. The molecule has 0 atom stereocenters. The third kappa shape index (κ3) is 3.19. The van der Waals surface area contributed by atoms with Crippen LogP contribution >= 0.6 is 0 Å². The number of ether oxygens (including phenoxy) is 2. The summed E-state index contributed by atoms with van der Waals surface area (Å²) in [5, 5.41) is 9.08. The van der Waals surface area contributed by atoms with Crippen LogP contribution < -0.4 is 9.47 Å². The summed E-state index contributed by atoms with van der Waals surface area (Å²) < 4.78 is 10.5. The number of hydrogen-bond acceptors (Lipinski definition) is 3. The zero-order chi connectivity index (χ0) is 11.1. The minimum Gasteiger partial charge on any atom is -0.497 e. The van der Waals surface area contributed by atoms with Crippen LogP contribution in [-0.4, -0.2) is 18.8 Å². The van der Waals surface area contributed by atoms with Crippen LogP contribution in [0.25, 0.3) is 0 Å². The number of methoxy groups -OCH3 is 1. The summed E-state index contributed by atoms with van der Waals surface area (Å²) in [6.45, 7) is 0.381. The van der Waals surface area contributed by atoms with Crippen LogP contribution in [0.1, 0.15) is 12.0 Å². The topological polar surface area (TPSA) is 38.7 Å². The molecule has 1 N–H and O–H groups in total. The molecule has 0 unspecified atom stereocenters. The number of aliphatic hydroxyl groups is 1. The summed E-state index contributed by atoms with van der Waals surface area (Å²) in [4.78, 5) is 0. The fourth-order valence-electron chi connectivity index (χ4n) is 1.15. The van der Waals surface area contributed by atoms with Crippen LogP contribution in [-0.2, 0) is 6.61 Å². The highest BCUT2D eigenvalue weighted by Crippen LogP contribution is 2.24. The van der Waals surface area contributed by atoms with Gasteiger partial charge in [0.05, 0.1) is 20.3 Å². The second-order valence-corrected chi connectivity index (χ2v) is 2.93. The molecule has 80 valence electrons. The molecule has 0 radical (unpaired) electrons. The van der Waals surface area contributed by atoms with E-state index in [-0.39, 0.29) is 6.61 Å². The van der Waals surface area contributed by atoms with Gasteiger partial charge in [0.1, 0.15) is 11.5 Å². The Labute approximate surface area is 89.6 Å². The van der Waals surface area contributed by atoms with Gasteiger partial charge in [-0.25, -0.2) is 0 Å². The molecular weight excluding hydrogens is 192 g/mol. The first-order valence-electron chi connectivity index (χ1n) is 4.66. The van der Waals surface area contributed by atoms with Crippen molar-refractivity contribution >= 4 is 0 Å². The molecule has 0 saturated carbocycles.